The molecule has 46 heavy (non-hydrogen) atoms. The van der Waals surface area contributed by atoms with Crippen molar-refractivity contribution in [3.8, 4) is 28.7 Å². The molecule has 2 aliphatic heterocycles. The first-order valence-corrected chi connectivity index (χ1v) is 14.4. The molecular weight excluding hydrogens is 624 g/mol. The van der Waals surface area contributed by atoms with Crippen LogP contribution in [-0.4, -0.2) is 60.6 Å². The number of primary amides is 1. The molecule has 2 aromatic carbocycles. The summed E-state index contributed by atoms with van der Waals surface area (Å²) in [5.74, 6) is -3.12. The van der Waals surface area contributed by atoms with Crippen molar-refractivity contribution >= 4 is 34.9 Å². The van der Waals surface area contributed by atoms with E-state index in [0.29, 0.717) is 11.3 Å². The fourth-order valence-corrected chi connectivity index (χ4v) is 6.69. The van der Waals surface area contributed by atoms with Crippen molar-refractivity contribution in [1.29, 1.82) is 0 Å². The molecule has 15 heteroatoms. The van der Waals surface area contributed by atoms with Gasteiger partial charge in [0.05, 0.1) is 26.9 Å². The highest BCUT2D eigenvalue weighted by Gasteiger charge is 2.63. The topological polar surface area (TPSA) is 190 Å². The monoisotopic (exact) mass is 652 g/mol. The molecule has 6 rings (SSSR count). The van der Waals surface area contributed by atoms with Crippen LogP contribution in [0.2, 0.25) is 5.02 Å². The normalized spacial score (nSPS) is 21.2. The lowest BCUT2D eigenvalue weighted by Crippen LogP contribution is -2.58. The van der Waals surface area contributed by atoms with Crippen molar-refractivity contribution < 1.29 is 38.1 Å². The van der Waals surface area contributed by atoms with E-state index < -0.39 is 52.8 Å². The minimum atomic E-state index is -2.07. The number of carbonyl (C=O) groups excluding carboxylic acids is 3. The van der Waals surface area contributed by atoms with Gasteiger partial charge in [0.1, 0.15) is 27.9 Å². The molecule has 14 nitrogen and oxygen atoms in total. The van der Waals surface area contributed by atoms with E-state index in [9.17, 15) is 24.0 Å². The number of rotatable bonds is 7. The molecule has 3 heterocycles. The van der Waals surface area contributed by atoms with E-state index in [1.807, 2.05) is 0 Å². The number of anilines is 1. The average molecular weight is 653 g/mol. The highest BCUT2D eigenvalue weighted by molar-refractivity contribution is 6.36. The molecule has 1 spiro atoms. The molecule has 0 saturated heterocycles. The van der Waals surface area contributed by atoms with Gasteiger partial charge < -0.3 is 34.7 Å². The number of halogens is 1. The summed E-state index contributed by atoms with van der Waals surface area (Å²) >= 11 is 6.60. The van der Waals surface area contributed by atoms with E-state index in [4.69, 9.17) is 41.0 Å². The van der Waals surface area contributed by atoms with Crippen LogP contribution >= 0.6 is 11.6 Å². The quantitative estimate of drug-likeness (QED) is 0.317. The Morgan fingerprint density at radius 2 is 1.74 bits per heavy atom. The van der Waals surface area contributed by atoms with Crippen molar-refractivity contribution in [1.82, 2.24) is 9.55 Å². The Morgan fingerprint density at radius 1 is 1.04 bits per heavy atom. The van der Waals surface area contributed by atoms with E-state index in [2.05, 4.69) is 10.3 Å². The molecule has 1 amide bonds. The Bertz CT molecular complexity index is 2020. The molecule has 3 unspecified atom stereocenters. The second-order valence-corrected chi connectivity index (χ2v) is 11.5. The molecule has 0 fully saturated rings. The summed E-state index contributed by atoms with van der Waals surface area (Å²) in [5, 5.41) is 3.13. The van der Waals surface area contributed by atoms with E-state index in [0.717, 1.165) is 0 Å². The number of nitrogens with zero attached hydrogens (tertiary/aromatic N) is 1. The second-order valence-electron chi connectivity index (χ2n) is 11.1. The van der Waals surface area contributed by atoms with Crippen molar-refractivity contribution in [3.05, 3.63) is 78.1 Å². The second kappa shape index (κ2) is 11.0. The smallest absolute Gasteiger partial charge is 0.329 e. The Morgan fingerprint density at radius 3 is 2.39 bits per heavy atom. The van der Waals surface area contributed by atoms with Gasteiger partial charge in [-0.1, -0.05) is 24.6 Å². The van der Waals surface area contributed by atoms with Crippen molar-refractivity contribution in [2.24, 2.45) is 18.7 Å². The average Bonchev–Trinajstić information content (AvgIpc) is 3.35. The van der Waals surface area contributed by atoms with Crippen LogP contribution in [0.15, 0.2) is 45.1 Å². The third-order valence-electron chi connectivity index (χ3n) is 8.63. The molecule has 1 aliphatic carbocycles. The number of Topliss-reactive ketones (excluding diaryl/α,β-unsaturated/α-hetero) is 2. The summed E-state index contributed by atoms with van der Waals surface area (Å²) in [5.41, 5.74) is 2.67. The number of hydrogen-bond acceptors (Lipinski definition) is 11. The third-order valence-corrected chi connectivity index (χ3v) is 8.99. The number of aromatic amines is 1. The maximum atomic E-state index is 14.9. The Kier molecular flexibility index (Phi) is 7.34. The van der Waals surface area contributed by atoms with Crippen LogP contribution in [0.4, 0.5) is 5.82 Å². The zero-order chi connectivity index (χ0) is 33.2. The van der Waals surface area contributed by atoms with E-state index >= 15 is 0 Å². The van der Waals surface area contributed by atoms with Crippen LogP contribution in [0.3, 0.4) is 0 Å². The Hall–Kier alpha value is -5.24. The molecule has 1 aromatic heterocycles. The number of ketones is 2. The summed E-state index contributed by atoms with van der Waals surface area (Å²) in [7, 11) is 5.62. The highest BCUT2D eigenvalue weighted by Crippen LogP contribution is 2.56. The fourth-order valence-electron chi connectivity index (χ4n) is 6.43. The molecule has 3 atom stereocenters. The summed E-state index contributed by atoms with van der Waals surface area (Å²) in [6.45, 7) is 1.28. The lowest BCUT2D eigenvalue weighted by molar-refractivity contribution is -0.130. The molecule has 240 valence electrons. The number of carbonyl (C=O) groups is 3. The van der Waals surface area contributed by atoms with Crippen molar-refractivity contribution in [2.45, 2.75) is 24.9 Å². The summed E-state index contributed by atoms with van der Waals surface area (Å²) in [6.07, 6.45) is 0.117. The molecule has 3 aliphatic rings. The first-order chi connectivity index (χ1) is 21.9. The van der Waals surface area contributed by atoms with Gasteiger partial charge in [0.2, 0.25) is 17.2 Å². The third kappa shape index (κ3) is 4.27. The SMILES string of the molecule is COc1cc(C2C3=C(CC(C)C4(Oc5c(Cl)c(OC)cc(OC)c5C4=O)C3=O)Nc3c2c(=O)[nH]c(=O)n3C)ccc1OCC(N)=O. The standard InChI is InChI=1S/C31H29ClN4O10/c1-12-8-14-21(26(38)31(12)27(39)22-17(43-4)10-18(44-5)24(32)25(22)46-31)20(23-28(34-14)36(2)30(41)35-29(23)40)13-6-7-15(16(9-13)42-3)45-11-19(33)37/h6-7,9-10,12,20,34H,8,11H2,1-5H3,(H2,33,37)(H,35,40,41). The molecule has 4 N–H and O–H groups in total. The molecule has 3 aromatic rings. The fraction of sp³-hybridized carbons (Fsp3) is 0.323. The lowest BCUT2D eigenvalue weighted by Gasteiger charge is -2.42. The number of benzene rings is 2. The number of methoxy groups -OCH3 is 3. The van der Waals surface area contributed by atoms with E-state index in [1.165, 1.54) is 45.1 Å². The number of ether oxygens (including phenoxy) is 5. The van der Waals surface area contributed by atoms with Crippen LogP contribution in [0, 0.1) is 5.92 Å². The Labute approximate surface area is 266 Å². The number of allylic oxidation sites excluding steroid dienone is 1. The minimum absolute atomic E-state index is 0.00358. The Balaban J connectivity index is 1.57. The molecular formula is C31H29ClN4O10. The zero-order valence-electron chi connectivity index (χ0n) is 25.4. The largest absolute Gasteiger partial charge is 0.496 e. The molecule has 0 saturated carbocycles. The number of amides is 1. The molecule has 0 bridgehead atoms. The molecule has 0 radical (unpaired) electrons. The highest BCUT2D eigenvalue weighted by atomic mass is 35.5. The van der Waals surface area contributed by atoms with E-state index in [-0.39, 0.29) is 62.7 Å². The summed E-state index contributed by atoms with van der Waals surface area (Å²) < 4.78 is 29.4. The predicted molar refractivity (Wildman–Crippen MR) is 164 cm³/mol. The first-order valence-electron chi connectivity index (χ1n) is 14.0. The van der Waals surface area contributed by atoms with Gasteiger partial charge in [-0.05, 0) is 24.1 Å². The number of hydrogen-bond donors (Lipinski definition) is 3. The number of fused-ring (bicyclic) bond motifs is 2. The summed E-state index contributed by atoms with van der Waals surface area (Å²) in [4.78, 5) is 69.1. The van der Waals surface area contributed by atoms with Gasteiger partial charge in [0.15, 0.2) is 23.9 Å². The zero-order valence-corrected chi connectivity index (χ0v) is 26.1. The van der Waals surface area contributed by atoms with Gasteiger partial charge >= 0.3 is 5.69 Å². The maximum absolute atomic E-state index is 14.9. The first kappa shape index (κ1) is 30.8. The maximum Gasteiger partial charge on any atom is 0.329 e. The van der Waals surface area contributed by atoms with Crippen LogP contribution in [0.1, 0.15) is 40.7 Å². The number of aromatic nitrogens is 2. The number of nitrogens with two attached hydrogens (primary N) is 1. The number of H-pyrrole nitrogens is 1. The minimum Gasteiger partial charge on any atom is -0.496 e. The van der Waals surface area contributed by atoms with Gasteiger partial charge in [-0.3, -0.25) is 28.7 Å². The van der Waals surface area contributed by atoms with Gasteiger partial charge in [-0.2, -0.15) is 0 Å². The van der Waals surface area contributed by atoms with Crippen LogP contribution in [0.25, 0.3) is 0 Å². The van der Waals surface area contributed by atoms with Gasteiger partial charge in [-0.15, -0.1) is 0 Å². The predicted octanol–water partition coefficient (Wildman–Crippen LogP) is 2.05. The number of nitrogens with one attached hydrogen (secondary N) is 2. The van der Waals surface area contributed by atoms with E-state index in [1.54, 1.807) is 19.1 Å². The van der Waals surface area contributed by atoms with Gasteiger partial charge in [0, 0.05) is 36.2 Å². The lowest BCUT2D eigenvalue weighted by atomic mass is 9.66. The van der Waals surface area contributed by atoms with Crippen molar-refractivity contribution in [2.75, 3.05) is 33.3 Å². The van der Waals surface area contributed by atoms with Crippen LogP contribution in [0.5, 0.6) is 28.7 Å². The van der Waals surface area contributed by atoms with Gasteiger partial charge in [0.25, 0.3) is 11.5 Å². The summed E-state index contributed by atoms with van der Waals surface area (Å²) in [6, 6.07) is 6.08. The van der Waals surface area contributed by atoms with Crippen LogP contribution in [-0.2, 0) is 16.6 Å². The van der Waals surface area contributed by atoms with Crippen LogP contribution < -0.4 is 46.0 Å². The van der Waals surface area contributed by atoms with Crippen molar-refractivity contribution in [3.63, 3.8) is 0 Å². The van der Waals surface area contributed by atoms with Gasteiger partial charge in [-0.25, -0.2) is 4.79 Å².